The predicted molar refractivity (Wildman–Crippen MR) is 49.1 cm³/mol. The number of carbonyl (C=O) groups excluding carboxylic acids is 1. The minimum absolute atomic E-state index is 0.103. The molecule has 13 heavy (non-hydrogen) atoms. The van der Waals surface area contributed by atoms with Crippen molar-refractivity contribution in [3.8, 4) is 0 Å². The summed E-state index contributed by atoms with van der Waals surface area (Å²) in [6.07, 6.45) is 2.98. The standard InChI is InChI=1S/C10H16O3/c1-4-5-6-8-7(2)13-10(11)9(8)12-3/h7H,4-6H2,1-3H3. The van der Waals surface area contributed by atoms with Crippen LogP contribution < -0.4 is 0 Å². The molecular formula is C10H16O3. The summed E-state index contributed by atoms with van der Waals surface area (Å²) in [4.78, 5) is 11.2. The van der Waals surface area contributed by atoms with Crippen molar-refractivity contribution in [2.75, 3.05) is 7.11 Å². The lowest BCUT2D eigenvalue weighted by molar-refractivity contribution is -0.141. The van der Waals surface area contributed by atoms with Crippen molar-refractivity contribution in [2.45, 2.75) is 39.2 Å². The van der Waals surface area contributed by atoms with E-state index in [9.17, 15) is 4.79 Å². The van der Waals surface area contributed by atoms with Crippen molar-refractivity contribution >= 4 is 5.97 Å². The Morgan fingerprint density at radius 2 is 2.23 bits per heavy atom. The Morgan fingerprint density at radius 3 is 2.77 bits per heavy atom. The molecule has 0 saturated carbocycles. The molecule has 3 heteroatoms. The first-order valence-electron chi connectivity index (χ1n) is 4.68. The molecule has 1 heterocycles. The fourth-order valence-electron chi connectivity index (χ4n) is 1.50. The second-order valence-electron chi connectivity index (χ2n) is 3.21. The molecule has 0 bridgehead atoms. The highest BCUT2D eigenvalue weighted by Gasteiger charge is 2.31. The maximum absolute atomic E-state index is 11.2. The lowest BCUT2D eigenvalue weighted by Gasteiger charge is -2.06. The summed E-state index contributed by atoms with van der Waals surface area (Å²) in [5, 5.41) is 0. The van der Waals surface area contributed by atoms with E-state index in [2.05, 4.69) is 6.92 Å². The Balaban J connectivity index is 2.73. The molecule has 1 aliphatic heterocycles. The Labute approximate surface area is 78.7 Å². The van der Waals surface area contributed by atoms with E-state index in [0.29, 0.717) is 5.76 Å². The van der Waals surface area contributed by atoms with Crippen LogP contribution in [0.2, 0.25) is 0 Å². The van der Waals surface area contributed by atoms with E-state index in [4.69, 9.17) is 9.47 Å². The van der Waals surface area contributed by atoms with Crippen molar-refractivity contribution in [3.63, 3.8) is 0 Å². The highest BCUT2D eigenvalue weighted by molar-refractivity contribution is 5.90. The fraction of sp³-hybridized carbons (Fsp3) is 0.700. The SMILES string of the molecule is CCCCC1=C(OC)C(=O)OC1C. The Bertz CT molecular complexity index is 230. The molecule has 74 valence electrons. The summed E-state index contributed by atoms with van der Waals surface area (Å²) in [5.74, 6) is 0.0991. The molecule has 0 aliphatic carbocycles. The molecule has 1 rings (SSSR count). The van der Waals surface area contributed by atoms with Gasteiger partial charge in [0.1, 0.15) is 6.10 Å². The molecule has 0 amide bonds. The van der Waals surface area contributed by atoms with Gasteiger partial charge in [0, 0.05) is 5.57 Å². The zero-order chi connectivity index (χ0) is 9.84. The van der Waals surface area contributed by atoms with Gasteiger partial charge < -0.3 is 9.47 Å². The number of carbonyl (C=O) groups is 1. The summed E-state index contributed by atoms with van der Waals surface area (Å²) in [7, 11) is 1.51. The molecule has 0 aromatic rings. The predicted octanol–water partition coefficient (Wildman–Crippen LogP) is 2.02. The monoisotopic (exact) mass is 184 g/mol. The van der Waals surface area contributed by atoms with Crippen molar-refractivity contribution in [3.05, 3.63) is 11.3 Å². The van der Waals surface area contributed by atoms with Crippen LogP contribution in [0.25, 0.3) is 0 Å². The number of cyclic esters (lactones) is 1. The lowest BCUT2D eigenvalue weighted by atomic mass is 10.0. The Kier molecular flexibility index (Phi) is 3.34. The number of methoxy groups -OCH3 is 1. The number of ether oxygens (including phenoxy) is 2. The summed E-state index contributed by atoms with van der Waals surface area (Å²) in [6.45, 7) is 4.00. The molecule has 0 aromatic heterocycles. The van der Waals surface area contributed by atoms with E-state index >= 15 is 0 Å². The molecule has 0 N–H and O–H groups in total. The summed E-state index contributed by atoms with van der Waals surface area (Å²) in [5.41, 5.74) is 1.01. The quantitative estimate of drug-likeness (QED) is 0.627. The van der Waals surface area contributed by atoms with Gasteiger partial charge in [-0.05, 0) is 19.8 Å². The van der Waals surface area contributed by atoms with E-state index < -0.39 is 0 Å². The minimum atomic E-state index is -0.318. The first-order chi connectivity index (χ1) is 6.20. The van der Waals surface area contributed by atoms with E-state index in [-0.39, 0.29) is 12.1 Å². The number of hydrogen-bond acceptors (Lipinski definition) is 3. The van der Waals surface area contributed by atoms with Crippen LogP contribution in [0.3, 0.4) is 0 Å². The topological polar surface area (TPSA) is 35.5 Å². The van der Waals surface area contributed by atoms with Crippen LogP contribution in [-0.4, -0.2) is 19.2 Å². The van der Waals surface area contributed by atoms with Gasteiger partial charge in [0.05, 0.1) is 7.11 Å². The van der Waals surface area contributed by atoms with Crippen molar-refractivity contribution in [2.24, 2.45) is 0 Å². The highest BCUT2D eigenvalue weighted by Crippen LogP contribution is 2.26. The van der Waals surface area contributed by atoms with Crippen molar-refractivity contribution in [1.82, 2.24) is 0 Å². The lowest BCUT2D eigenvalue weighted by Crippen LogP contribution is -2.06. The van der Waals surface area contributed by atoms with Gasteiger partial charge in [0.25, 0.3) is 0 Å². The first kappa shape index (κ1) is 10.1. The van der Waals surface area contributed by atoms with Crippen molar-refractivity contribution in [1.29, 1.82) is 0 Å². The van der Waals surface area contributed by atoms with Crippen LogP contribution in [0.5, 0.6) is 0 Å². The van der Waals surface area contributed by atoms with Crippen LogP contribution >= 0.6 is 0 Å². The fourth-order valence-corrected chi connectivity index (χ4v) is 1.50. The van der Waals surface area contributed by atoms with Crippen LogP contribution in [0.4, 0.5) is 0 Å². The van der Waals surface area contributed by atoms with Crippen LogP contribution in [0.15, 0.2) is 11.3 Å². The molecule has 0 saturated heterocycles. The molecule has 0 fully saturated rings. The van der Waals surface area contributed by atoms with Crippen LogP contribution in [0, 0.1) is 0 Å². The van der Waals surface area contributed by atoms with Gasteiger partial charge in [-0.3, -0.25) is 0 Å². The number of unbranched alkanes of at least 4 members (excludes halogenated alkanes) is 1. The van der Waals surface area contributed by atoms with Gasteiger partial charge in [0.15, 0.2) is 0 Å². The third-order valence-electron chi connectivity index (χ3n) is 2.26. The summed E-state index contributed by atoms with van der Waals surface area (Å²) >= 11 is 0. The van der Waals surface area contributed by atoms with Gasteiger partial charge in [0.2, 0.25) is 5.76 Å². The maximum atomic E-state index is 11.2. The normalized spacial score (nSPS) is 22.1. The van der Waals surface area contributed by atoms with E-state index in [1.807, 2.05) is 6.92 Å². The maximum Gasteiger partial charge on any atom is 0.374 e. The zero-order valence-corrected chi connectivity index (χ0v) is 8.42. The molecule has 0 aromatic carbocycles. The van der Waals surface area contributed by atoms with Crippen LogP contribution in [0.1, 0.15) is 33.1 Å². The molecule has 1 aliphatic rings. The molecular weight excluding hydrogens is 168 g/mol. The van der Waals surface area contributed by atoms with E-state index in [0.717, 1.165) is 24.8 Å². The minimum Gasteiger partial charge on any atom is -0.490 e. The first-order valence-corrected chi connectivity index (χ1v) is 4.68. The average Bonchev–Trinajstić information content (AvgIpc) is 2.37. The van der Waals surface area contributed by atoms with Gasteiger partial charge in [-0.25, -0.2) is 4.79 Å². The van der Waals surface area contributed by atoms with Gasteiger partial charge in [-0.2, -0.15) is 0 Å². The van der Waals surface area contributed by atoms with Gasteiger partial charge in [-0.1, -0.05) is 13.3 Å². The third kappa shape index (κ3) is 2.02. The van der Waals surface area contributed by atoms with Gasteiger partial charge >= 0.3 is 5.97 Å². The Hall–Kier alpha value is -0.990. The molecule has 3 nitrogen and oxygen atoms in total. The van der Waals surface area contributed by atoms with E-state index in [1.54, 1.807) is 0 Å². The highest BCUT2D eigenvalue weighted by atomic mass is 16.6. The van der Waals surface area contributed by atoms with E-state index in [1.165, 1.54) is 7.11 Å². The Morgan fingerprint density at radius 1 is 1.54 bits per heavy atom. The molecule has 0 radical (unpaired) electrons. The number of hydrogen-bond donors (Lipinski definition) is 0. The largest absolute Gasteiger partial charge is 0.490 e. The van der Waals surface area contributed by atoms with Crippen LogP contribution in [-0.2, 0) is 14.3 Å². The molecule has 0 spiro atoms. The number of esters is 1. The van der Waals surface area contributed by atoms with Gasteiger partial charge in [-0.15, -0.1) is 0 Å². The average molecular weight is 184 g/mol. The zero-order valence-electron chi connectivity index (χ0n) is 8.42. The molecule has 1 atom stereocenters. The second-order valence-corrected chi connectivity index (χ2v) is 3.21. The number of rotatable bonds is 4. The summed E-state index contributed by atoms with van der Waals surface area (Å²) in [6, 6.07) is 0. The summed E-state index contributed by atoms with van der Waals surface area (Å²) < 4.78 is 10.0. The third-order valence-corrected chi connectivity index (χ3v) is 2.26. The van der Waals surface area contributed by atoms with Crippen molar-refractivity contribution < 1.29 is 14.3 Å². The second kappa shape index (κ2) is 4.30. The smallest absolute Gasteiger partial charge is 0.374 e. The molecule has 1 unspecified atom stereocenters.